The number of benzene rings is 1. The third-order valence-corrected chi connectivity index (χ3v) is 5.50. The molecule has 27 heavy (non-hydrogen) atoms. The SMILES string of the molecule is CCCC(=O)N1CCCC1C(=O)N1CCC(NC(=O)c2ccccc2)CC1. The zero-order chi connectivity index (χ0) is 19.2. The monoisotopic (exact) mass is 371 g/mol. The van der Waals surface area contributed by atoms with Gasteiger partial charge in [-0.1, -0.05) is 25.1 Å². The van der Waals surface area contributed by atoms with Crippen molar-refractivity contribution >= 4 is 17.7 Å². The molecule has 2 saturated heterocycles. The van der Waals surface area contributed by atoms with Crippen LogP contribution in [0, 0.1) is 0 Å². The van der Waals surface area contributed by atoms with E-state index in [0.717, 1.165) is 32.1 Å². The zero-order valence-corrected chi connectivity index (χ0v) is 16.0. The lowest BCUT2D eigenvalue weighted by Crippen LogP contribution is -2.52. The quantitative estimate of drug-likeness (QED) is 0.863. The van der Waals surface area contributed by atoms with Crippen LogP contribution in [-0.4, -0.2) is 59.2 Å². The number of hydrogen-bond donors (Lipinski definition) is 1. The fraction of sp³-hybridized carbons (Fsp3) is 0.571. The molecule has 1 aromatic rings. The van der Waals surface area contributed by atoms with Crippen molar-refractivity contribution < 1.29 is 14.4 Å². The normalized spacial score (nSPS) is 20.6. The zero-order valence-electron chi connectivity index (χ0n) is 16.0. The summed E-state index contributed by atoms with van der Waals surface area (Å²) < 4.78 is 0. The second-order valence-corrected chi connectivity index (χ2v) is 7.43. The molecule has 2 heterocycles. The van der Waals surface area contributed by atoms with Crippen molar-refractivity contribution in [1.29, 1.82) is 0 Å². The van der Waals surface area contributed by atoms with Gasteiger partial charge in [0.25, 0.3) is 5.91 Å². The van der Waals surface area contributed by atoms with Gasteiger partial charge < -0.3 is 15.1 Å². The number of rotatable bonds is 5. The third-order valence-electron chi connectivity index (χ3n) is 5.50. The van der Waals surface area contributed by atoms with E-state index in [2.05, 4.69) is 5.32 Å². The van der Waals surface area contributed by atoms with Crippen LogP contribution < -0.4 is 5.32 Å². The molecule has 0 saturated carbocycles. The number of piperidine rings is 1. The molecule has 6 heteroatoms. The van der Waals surface area contributed by atoms with Gasteiger partial charge in [0, 0.05) is 37.7 Å². The molecule has 1 N–H and O–H groups in total. The fourth-order valence-corrected chi connectivity index (χ4v) is 3.99. The van der Waals surface area contributed by atoms with E-state index in [9.17, 15) is 14.4 Å². The Morgan fingerprint density at radius 3 is 2.41 bits per heavy atom. The van der Waals surface area contributed by atoms with Gasteiger partial charge in [0.2, 0.25) is 11.8 Å². The van der Waals surface area contributed by atoms with Crippen molar-refractivity contribution in [2.24, 2.45) is 0 Å². The molecule has 1 unspecified atom stereocenters. The highest BCUT2D eigenvalue weighted by atomic mass is 16.2. The Morgan fingerprint density at radius 2 is 1.74 bits per heavy atom. The van der Waals surface area contributed by atoms with E-state index in [0.29, 0.717) is 31.6 Å². The molecule has 1 atom stereocenters. The molecular weight excluding hydrogens is 342 g/mol. The van der Waals surface area contributed by atoms with Gasteiger partial charge in [-0.3, -0.25) is 14.4 Å². The number of carbonyl (C=O) groups is 3. The summed E-state index contributed by atoms with van der Waals surface area (Å²) in [5, 5.41) is 3.07. The molecule has 146 valence electrons. The first-order valence-corrected chi connectivity index (χ1v) is 10.0. The van der Waals surface area contributed by atoms with Gasteiger partial charge in [-0.2, -0.15) is 0 Å². The lowest BCUT2D eigenvalue weighted by molar-refractivity contribution is -0.144. The minimum Gasteiger partial charge on any atom is -0.349 e. The van der Waals surface area contributed by atoms with Gasteiger partial charge in [0.15, 0.2) is 0 Å². The number of amides is 3. The highest BCUT2D eigenvalue weighted by Crippen LogP contribution is 2.22. The van der Waals surface area contributed by atoms with Crippen LogP contribution >= 0.6 is 0 Å². The number of nitrogens with one attached hydrogen (secondary N) is 1. The maximum Gasteiger partial charge on any atom is 0.251 e. The first-order valence-electron chi connectivity index (χ1n) is 10.0. The Hall–Kier alpha value is -2.37. The molecule has 0 aromatic heterocycles. The van der Waals surface area contributed by atoms with Crippen LogP contribution in [0.3, 0.4) is 0 Å². The largest absolute Gasteiger partial charge is 0.349 e. The third kappa shape index (κ3) is 4.67. The number of likely N-dealkylation sites (tertiary alicyclic amines) is 2. The Labute approximate surface area is 160 Å². The molecular formula is C21H29N3O3. The Morgan fingerprint density at radius 1 is 1.04 bits per heavy atom. The van der Waals surface area contributed by atoms with E-state index in [-0.39, 0.29) is 29.8 Å². The van der Waals surface area contributed by atoms with Crippen LogP contribution in [0.25, 0.3) is 0 Å². The maximum absolute atomic E-state index is 12.9. The molecule has 0 aliphatic carbocycles. The summed E-state index contributed by atoms with van der Waals surface area (Å²) in [5.41, 5.74) is 0.659. The van der Waals surface area contributed by atoms with Gasteiger partial charge in [0.05, 0.1) is 0 Å². The minimum absolute atomic E-state index is 0.0625. The van der Waals surface area contributed by atoms with Crippen molar-refractivity contribution in [2.45, 2.75) is 57.5 Å². The molecule has 0 radical (unpaired) electrons. The molecule has 3 rings (SSSR count). The van der Waals surface area contributed by atoms with Gasteiger partial charge in [0.1, 0.15) is 6.04 Å². The lowest BCUT2D eigenvalue weighted by atomic mass is 10.0. The molecule has 0 spiro atoms. The highest BCUT2D eigenvalue weighted by Gasteiger charge is 2.37. The summed E-state index contributed by atoms with van der Waals surface area (Å²) in [6.45, 7) is 3.94. The summed E-state index contributed by atoms with van der Waals surface area (Å²) in [4.78, 5) is 41.1. The topological polar surface area (TPSA) is 69.7 Å². The van der Waals surface area contributed by atoms with E-state index in [1.165, 1.54) is 0 Å². The summed E-state index contributed by atoms with van der Waals surface area (Å²) in [5.74, 6) is 0.107. The van der Waals surface area contributed by atoms with E-state index in [4.69, 9.17) is 0 Å². The number of carbonyl (C=O) groups excluding carboxylic acids is 3. The molecule has 2 fully saturated rings. The van der Waals surface area contributed by atoms with Crippen LogP contribution in [0.2, 0.25) is 0 Å². The molecule has 6 nitrogen and oxygen atoms in total. The van der Waals surface area contributed by atoms with Crippen molar-refractivity contribution in [2.75, 3.05) is 19.6 Å². The van der Waals surface area contributed by atoms with E-state index in [1.54, 1.807) is 17.0 Å². The van der Waals surface area contributed by atoms with E-state index < -0.39 is 0 Å². The first-order chi connectivity index (χ1) is 13.1. The second-order valence-electron chi connectivity index (χ2n) is 7.43. The Bertz CT molecular complexity index is 669. The molecule has 3 amide bonds. The first kappa shape index (κ1) is 19.4. The molecule has 2 aliphatic heterocycles. The van der Waals surface area contributed by atoms with E-state index in [1.807, 2.05) is 30.0 Å². The van der Waals surface area contributed by atoms with Crippen molar-refractivity contribution in [3.8, 4) is 0 Å². The number of nitrogens with zero attached hydrogens (tertiary/aromatic N) is 2. The van der Waals surface area contributed by atoms with Crippen LogP contribution in [0.1, 0.15) is 55.8 Å². The average Bonchev–Trinajstić information content (AvgIpc) is 3.19. The number of hydrogen-bond acceptors (Lipinski definition) is 3. The average molecular weight is 371 g/mol. The van der Waals surface area contributed by atoms with Crippen LogP contribution in [0.15, 0.2) is 30.3 Å². The Balaban J connectivity index is 1.50. The van der Waals surface area contributed by atoms with Gasteiger partial charge in [-0.05, 0) is 44.2 Å². The van der Waals surface area contributed by atoms with Crippen molar-refractivity contribution in [3.05, 3.63) is 35.9 Å². The highest BCUT2D eigenvalue weighted by molar-refractivity contribution is 5.94. The Kier molecular flexibility index (Phi) is 6.48. The van der Waals surface area contributed by atoms with Crippen LogP contribution in [0.4, 0.5) is 0 Å². The smallest absolute Gasteiger partial charge is 0.251 e. The minimum atomic E-state index is -0.292. The van der Waals surface area contributed by atoms with Crippen LogP contribution in [0.5, 0.6) is 0 Å². The predicted octanol–water partition coefficient (Wildman–Crippen LogP) is 2.20. The summed E-state index contributed by atoms with van der Waals surface area (Å²) in [6, 6.07) is 8.99. The summed E-state index contributed by atoms with van der Waals surface area (Å²) in [7, 11) is 0. The predicted molar refractivity (Wildman–Crippen MR) is 103 cm³/mol. The standard InChI is InChI=1S/C21H29N3O3/c1-2-7-19(25)24-13-6-10-18(24)21(27)23-14-11-17(12-15-23)22-20(26)16-8-4-3-5-9-16/h3-5,8-9,17-18H,2,6-7,10-15H2,1H3,(H,22,26). The van der Waals surface area contributed by atoms with Gasteiger partial charge >= 0.3 is 0 Å². The maximum atomic E-state index is 12.9. The van der Waals surface area contributed by atoms with Crippen molar-refractivity contribution in [1.82, 2.24) is 15.1 Å². The van der Waals surface area contributed by atoms with E-state index >= 15 is 0 Å². The van der Waals surface area contributed by atoms with Gasteiger partial charge in [-0.25, -0.2) is 0 Å². The molecule has 1 aromatic carbocycles. The summed E-state index contributed by atoms with van der Waals surface area (Å²) in [6.07, 6.45) is 4.48. The molecule has 2 aliphatic rings. The summed E-state index contributed by atoms with van der Waals surface area (Å²) >= 11 is 0. The van der Waals surface area contributed by atoms with Crippen LogP contribution in [-0.2, 0) is 9.59 Å². The fourth-order valence-electron chi connectivity index (χ4n) is 3.99. The molecule has 0 bridgehead atoms. The van der Waals surface area contributed by atoms with Crippen molar-refractivity contribution in [3.63, 3.8) is 0 Å². The second kappa shape index (κ2) is 9.02. The lowest BCUT2D eigenvalue weighted by Gasteiger charge is -2.35. The van der Waals surface area contributed by atoms with Gasteiger partial charge in [-0.15, -0.1) is 0 Å².